The van der Waals surface area contributed by atoms with E-state index in [1.165, 1.54) is 6.92 Å². The van der Waals surface area contributed by atoms with Gasteiger partial charge in [0.2, 0.25) is 0 Å². The zero-order valence-corrected chi connectivity index (χ0v) is 17.5. The van der Waals surface area contributed by atoms with Gasteiger partial charge in [-0.15, -0.1) is 12.3 Å². The molecule has 0 heterocycles. The largest absolute Gasteiger partial charge is 0.458 e. The van der Waals surface area contributed by atoms with E-state index in [9.17, 15) is 4.79 Å². The first-order valence-corrected chi connectivity index (χ1v) is 11.8. The molecule has 0 spiro atoms. The average molecular weight is 361 g/mol. The Labute approximate surface area is 154 Å². The molecule has 2 unspecified atom stereocenters. The monoisotopic (exact) mass is 360 g/mol. The Morgan fingerprint density at radius 1 is 1.20 bits per heavy atom. The van der Waals surface area contributed by atoms with Crippen LogP contribution in [0.4, 0.5) is 0 Å². The Morgan fingerprint density at radius 2 is 1.80 bits per heavy atom. The zero-order valence-electron chi connectivity index (χ0n) is 16.5. The van der Waals surface area contributed by atoms with Crippen LogP contribution in [0, 0.1) is 12.3 Å². The van der Waals surface area contributed by atoms with Crippen LogP contribution in [0.2, 0.25) is 18.1 Å². The van der Waals surface area contributed by atoms with Gasteiger partial charge in [-0.05, 0) is 36.5 Å². The minimum absolute atomic E-state index is 0.00679. The molecule has 1 aromatic carbocycles. The highest BCUT2D eigenvalue weighted by atomic mass is 28.4. The van der Waals surface area contributed by atoms with Crippen LogP contribution in [0.5, 0.6) is 0 Å². The van der Waals surface area contributed by atoms with E-state index in [0.29, 0.717) is 12.8 Å². The third kappa shape index (κ3) is 7.05. The fourth-order valence-corrected chi connectivity index (χ4v) is 3.81. The summed E-state index contributed by atoms with van der Waals surface area (Å²) in [4.78, 5) is 11.5. The Morgan fingerprint density at radius 3 is 2.28 bits per heavy atom. The summed E-state index contributed by atoms with van der Waals surface area (Å²) in [6.45, 7) is 12.6. The normalized spacial score (nSPS) is 14.4. The van der Waals surface area contributed by atoms with Gasteiger partial charge in [0, 0.05) is 13.3 Å². The van der Waals surface area contributed by atoms with E-state index in [-0.39, 0.29) is 23.2 Å². The van der Waals surface area contributed by atoms with Gasteiger partial charge in [-0.3, -0.25) is 4.79 Å². The van der Waals surface area contributed by atoms with Crippen LogP contribution in [0.15, 0.2) is 30.3 Å². The second kappa shape index (κ2) is 9.21. The molecule has 0 aliphatic heterocycles. The average Bonchev–Trinajstić information content (AvgIpc) is 2.50. The van der Waals surface area contributed by atoms with Gasteiger partial charge < -0.3 is 9.16 Å². The van der Waals surface area contributed by atoms with Gasteiger partial charge in [-0.25, -0.2) is 0 Å². The first-order chi connectivity index (χ1) is 11.6. The van der Waals surface area contributed by atoms with Gasteiger partial charge in [0.15, 0.2) is 8.32 Å². The lowest BCUT2D eigenvalue weighted by atomic mass is 10.0. The van der Waals surface area contributed by atoms with Crippen LogP contribution in [-0.2, 0) is 14.0 Å². The van der Waals surface area contributed by atoms with Gasteiger partial charge in [0.05, 0.1) is 6.10 Å². The number of esters is 1. The summed E-state index contributed by atoms with van der Waals surface area (Å²) in [6.07, 6.45) is 7.33. The lowest BCUT2D eigenvalue weighted by Crippen LogP contribution is -2.44. The van der Waals surface area contributed by atoms with Crippen molar-refractivity contribution < 1.29 is 14.0 Å². The highest BCUT2D eigenvalue weighted by Gasteiger charge is 2.39. The summed E-state index contributed by atoms with van der Waals surface area (Å²) in [5.74, 6) is 2.46. The molecule has 1 aromatic rings. The summed E-state index contributed by atoms with van der Waals surface area (Å²) >= 11 is 0. The smallest absolute Gasteiger partial charge is 0.303 e. The van der Waals surface area contributed by atoms with E-state index in [4.69, 9.17) is 15.6 Å². The molecule has 0 bridgehead atoms. The molecular weight excluding hydrogens is 328 g/mol. The van der Waals surface area contributed by atoms with Crippen LogP contribution in [-0.4, -0.2) is 20.4 Å². The maximum Gasteiger partial charge on any atom is 0.303 e. The second-order valence-electron chi connectivity index (χ2n) is 7.99. The molecule has 0 N–H and O–H groups in total. The molecule has 0 amide bonds. The minimum Gasteiger partial charge on any atom is -0.458 e. The third-order valence-corrected chi connectivity index (χ3v) is 9.38. The molecule has 0 aromatic heterocycles. The predicted octanol–water partition coefficient (Wildman–Crippen LogP) is 5.48. The van der Waals surface area contributed by atoms with Crippen molar-refractivity contribution in [2.45, 2.75) is 77.3 Å². The van der Waals surface area contributed by atoms with Crippen molar-refractivity contribution >= 4 is 14.3 Å². The Hall–Kier alpha value is -1.57. The number of hydrogen-bond donors (Lipinski definition) is 0. The maximum atomic E-state index is 11.5. The Balaban J connectivity index is 2.82. The SMILES string of the molecule is C#CCC(CCC(OC(C)=O)c1ccccc1)O[Si](C)(C)C(C)(C)C. The minimum atomic E-state index is -1.89. The molecule has 0 saturated carbocycles. The van der Waals surface area contributed by atoms with Crippen LogP contribution in [0.1, 0.15) is 58.6 Å². The predicted molar refractivity (Wildman–Crippen MR) is 106 cm³/mol. The van der Waals surface area contributed by atoms with Gasteiger partial charge in [-0.1, -0.05) is 51.1 Å². The number of terminal acetylenes is 1. The Kier molecular flexibility index (Phi) is 7.91. The number of rotatable bonds is 8. The molecule has 0 fully saturated rings. The summed E-state index contributed by atoms with van der Waals surface area (Å²) in [5, 5.41) is 0.133. The van der Waals surface area contributed by atoms with Gasteiger partial charge in [-0.2, -0.15) is 0 Å². The fourth-order valence-electron chi connectivity index (χ4n) is 2.43. The molecular formula is C21H32O3Si. The lowest BCUT2D eigenvalue weighted by molar-refractivity contribution is -0.147. The van der Waals surface area contributed by atoms with Crippen molar-refractivity contribution in [3.05, 3.63) is 35.9 Å². The highest BCUT2D eigenvalue weighted by molar-refractivity contribution is 6.74. The fraction of sp³-hybridized carbons (Fsp3) is 0.571. The van der Waals surface area contributed by atoms with Gasteiger partial charge in [0.25, 0.3) is 0 Å². The summed E-state index contributed by atoms with van der Waals surface area (Å²) in [6, 6.07) is 9.83. The first-order valence-electron chi connectivity index (χ1n) is 8.90. The van der Waals surface area contributed by atoms with Crippen molar-refractivity contribution in [3.8, 4) is 12.3 Å². The van der Waals surface area contributed by atoms with E-state index in [1.807, 2.05) is 30.3 Å². The zero-order chi connectivity index (χ0) is 19.1. The molecule has 0 saturated heterocycles. The second-order valence-corrected chi connectivity index (χ2v) is 12.8. The summed E-state index contributed by atoms with van der Waals surface area (Å²) in [7, 11) is -1.89. The van der Waals surface area contributed by atoms with E-state index < -0.39 is 8.32 Å². The van der Waals surface area contributed by atoms with Crippen LogP contribution >= 0.6 is 0 Å². The van der Waals surface area contributed by atoms with E-state index in [0.717, 1.165) is 12.0 Å². The number of ether oxygens (including phenoxy) is 1. The number of hydrogen-bond acceptors (Lipinski definition) is 3. The molecule has 0 aliphatic rings. The van der Waals surface area contributed by atoms with Gasteiger partial charge >= 0.3 is 5.97 Å². The van der Waals surface area contributed by atoms with Gasteiger partial charge in [0.1, 0.15) is 6.10 Å². The molecule has 4 heteroatoms. The summed E-state index contributed by atoms with van der Waals surface area (Å²) < 4.78 is 12.0. The van der Waals surface area contributed by atoms with Crippen LogP contribution < -0.4 is 0 Å². The molecule has 0 radical (unpaired) electrons. The quantitative estimate of drug-likeness (QED) is 0.349. The van der Waals surface area contributed by atoms with Crippen molar-refractivity contribution in [1.29, 1.82) is 0 Å². The Bertz CT molecular complexity index is 581. The third-order valence-electron chi connectivity index (χ3n) is 4.84. The summed E-state index contributed by atoms with van der Waals surface area (Å²) in [5.41, 5.74) is 1.00. The maximum absolute atomic E-state index is 11.5. The van der Waals surface area contributed by atoms with Crippen molar-refractivity contribution in [3.63, 3.8) is 0 Å². The molecule has 25 heavy (non-hydrogen) atoms. The number of carbonyl (C=O) groups excluding carboxylic acids is 1. The van der Waals surface area contributed by atoms with Crippen molar-refractivity contribution in [2.24, 2.45) is 0 Å². The molecule has 0 aliphatic carbocycles. The molecule has 138 valence electrons. The lowest BCUT2D eigenvalue weighted by Gasteiger charge is -2.39. The van der Waals surface area contributed by atoms with Crippen molar-refractivity contribution in [2.75, 3.05) is 0 Å². The first kappa shape index (κ1) is 21.5. The highest BCUT2D eigenvalue weighted by Crippen LogP contribution is 2.38. The number of benzene rings is 1. The molecule has 1 rings (SSSR count). The molecule has 2 atom stereocenters. The van der Waals surface area contributed by atoms with E-state index in [2.05, 4.69) is 39.8 Å². The van der Waals surface area contributed by atoms with Crippen LogP contribution in [0.3, 0.4) is 0 Å². The topological polar surface area (TPSA) is 35.5 Å². The standard InChI is InChI=1S/C21H32O3Si/c1-8-12-19(24-25(6,7)21(3,4)5)15-16-20(23-17(2)22)18-13-10-9-11-14-18/h1,9-11,13-14,19-20H,12,15-16H2,2-7H3. The van der Waals surface area contributed by atoms with E-state index >= 15 is 0 Å². The number of carbonyl (C=O) groups is 1. The van der Waals surface area contributed by atoms with Crippen molar-refractivity contribution in [1.82, 2.24) is 0 Å². The molecule has 3 nitrogen and oxygen atoms in total. The van der Waals surface area contributed by atoms with Crippen LogP contribution in [0.25, 0.3) is 0 Å². The van der Waals surface area contributed by atoms with E-state index in [1.54, 1.807) is 0 Å².